The molecule has 1 aromatic carbocycles. The Kier molecular flexibility index (Phi) is 2.74. The fourth-order valence-corrected chi connectivity index (χ4v) is 1.32. The summed E-state index contributed by atoms with van der Waals surface area (Å²) >= 11 is 5.88. The van der Waals surface area contributed by atoms with E-state index in [1.54, 1.807) is 12.1 Å². The lowest BCUT2D eigenvalue weighted by molar-refractivity contribution is 0.101. The number of halogens is 1. The maximum absolute atomic E-state index is 11.5. The zero-order chi connectivity index (χ0) is 11.5. The number of nitrogens with one attached hydrogen (secondary N) is 1. The van der Waals surface area contributed by atoms with Crippen molar-refractivity contribution in [2.45, 2.75) is 0 Å². The third-order valence-electron chi connectivity index (χ3n) is 1.84. The van der Waals surface area contributed by atoms with E-state index in [0.29, 0.717) is 16.4 Å². The SMILES string of the molecule is Nc1ccc(NC(=O)c2cnon2)c(Cl)c1. The first-order valence-corrected chi connectivity index (χ1v) is 4.68. The van der Waals surface area contributed by atoms with Crippen LogP contribution in [0.3, 0.4) is 0 Å². The van der Waals surface area contributed by atoms with Crippen molar-refractivity contribution in [1.29, 1.82) is 0 Å². The number of hydrogen-bond donors (Lipinski definition) is 2. The second-order valence-corrected chi connectivity index (χ2v) is 3.39. The minimum absolute atomic E-state index is 0.0768. The Hall–Kier alpha value is -2.08. The summed E-state index contributed by atoms with van der Waals surface area (Å²) in [5.41, 5.74) is 6.56. The summed E-state index contributed by atoms with van der Waals surface area (Å²) in [6, 6.07) is 4.77. The molecule has 1 amide bonds. The Balaban J connectivity index is 2.18. The fraction of sp³-hybridized carbons (Fsp3) is 0. The molecule has 0 saturated carbocycles. The molecular formula is C9H7ClN4O2. The van der Waals surface area contributed by atoms with Crippen LogP contribution in [-0.4, -0.2) is 16.2 Å². The predicted molar refractivity (Wildman–Crippen MR) is 58.1 cm³/mol. The topological polar surface area (TPSA) is 94.0 Å². The third-order valence-corrected chi connectivity index (χ3v) is 2.15. The van der Waals surface area contributed by atoms with Gasteiger partial charge in [-0.15, -0.1) is 0 Å². The molecule has 2 aromatic rings. The number of rotatable bonds is 2. The lowest BCUT2D eigenvalue weighted by Crippen LogP contribution is -2.12. The van der Waals surface area contributed by atoms with Crippen LogP contribution in [0.2, 0.25) is 5.02 Å². The molecule has 0 aliphatic carbocycles. The highest BCUT2D eigenvalue weighted by molar-refractivity contribution is 6.34. The van der Waals surface area contributed by atoms with Crippen molar-refractivity contribution < 1.29 is 9.42 Å². The number of nitrogens with zero attached hydrogens (tertiary/aromatic N) is 2. The molecule has 0 radical (unpaired) electrons. The molecular weight excluding hydrogens is 232 g/mol. The number of aromatic nitrogens is 2. The number of hydrogen-bond acceptors (Lipinski definition) is 5. The molecule has 0 bridgehead atoms. The van der Waals surface area contributed by atoms with Gasteiger partial charge in [0.1, 0.15) is 6.20 Å². The quantitative estimate of drug-likeness (QED) is 0.775. The van der Waals surface area contributed by atoms with Gasteiger partial charge in [0.25, 0.3) is 5.91 Å². The van der Waals surface area contributed by atoms with E-state index in [2.05, 4.69) is 20.3 Å². The standard InChI is InChI=1S/C9H7ClN4O2/c10-6-3-5(11)1-2-7(6)13-9(15)8-4-12-16-14-8/h1-4H,11H2,(H,13,15). The van der Waals surface area contributed by atoms with E-state index in [1.807, 2.05) is 0 Å². The van der Waals surface area contributed by atoms with Crippen LogP contribution in [0.1, 0.15) is 10.5 Å². The first-order valence-electron chi connectivity index (χ1n) is 4.31. The van der Waals surface area contributed by atoms with Gasteiger partial charge in [0, 0.05) is 5.69 Å². The van der Waals surface area contributed by atoms with Gasteiger partial charge >= 0.3 is 0 Å². The molecule has 1 aromatic heterocycles. The molecule has 1 heterocycles. The zero-order valence-corrected chi connectivity index (χ0v) is 8.73. The smallest absolute Gasteiger partial charge is 0.279 e. The van der Waals surface area contributed by atoms with Crippen molar-refractivity contribution in [3.05, 3.63) is 35.1 Å². The van der Waals surface area contributed by atoms with Crippen molar-refractivity contribution in [1.82, 2.24) is 10.3 Å². The first-order chi connectivity index (χ1) is 7.66. The van der Waals surface area contributed by atoms with Crippen LogP contribution in [0.25, 0.3) is 0 Å². The van der Waals surface area contributed by atoms with Crippen LogP contribution in [0.5, 0.6) is 0 Å². The number of anilines is 2. The normalized spacial score (nSPS) is 10.1. The van der Waals surface area contributed by atoms with Crippen LogP contribution in [-0.2, 0) is 0 Å². The van der Waals surface area contributed by atoms with Crippen LogP contribution < -0.4 is 11.1 Å². The molecule has 0 aliphatic heterocycles. The molecule has 82 valence electrons. The van der Waals surface area contributed by atoms with Crippen molar-refractivity contribution >= 4 is 28.9 Å². The monoisotopic (exact) mass is 238 g/mol. The van der Waals surface area contributed by atoms with Crippen molar-refractivity contribution in [3.63, 3.8) is 0 Å². The molecule has 7 heteroatoms. The van der Waals surface area contributed by atoms with Crippen molar-refractivity contribution in [2.75, 3.05) is 11.1 Å². The van der Waals surface area contributed by atoms with Gasteiger partial charge < -0.3 is 11.1 Å². The summed E-state index contributed by atoms with van der Waals surface area (Å²) in [7, 11) is 0. The number of carbonyl (C=O) groups excluding carboxylic acids is 1. The Morgan fingerprint density at radius 1 is 1.50 bits per heavy atom. The summed E-state index contributed by atoms with van der Waals surface area (Å²) in [4.78, 5) is 11.5. The Morgan fingerprint density at radius 3 is 2.94 bits per heavy atom. The number of nitrogens with two attached hydrogens (primary N) is 1. The third kappa shape index (κ3) is 2.12. The van der Waals surface area contributed by atoms with Crippen LogP contribution >= 0.6 is 11.6 Å². The van der Waals surface area contributed by atoms with Crippen LogP contribution in [0.4, 0.5) is 11.4 Å². The molecule has 0 fully saturated rings. The van der Waals surface area contributed by atoms with Gasteiger partial charge in [-0.1, -0.05) is 16.8 Å². The van der Waals surface area contributed by atoms with Crippen LogP contribution in [0, 0.1) is 0 Å². The number of amides is 1. The van der Waals surface area contributed by atoms with Crippen molar-refractivity contribution in [3.8, 4) is 0 Å². The zero-order valence-electron chi connectivity index (χ0n) is 7.98. The van der Waals surface area contributed by atoms with Gasteiger partial charge in [0.15, 0.2) is 5.69 Å². The van der Waals surface area contributed by atoms with E-state index in [0.717, 1.165) is 0 Å². The molecule has 0 unspecified atom stereocenters. The molecule has 6 nitrogen and oxygen atoms in total. The van der Waals surface area contributed by atoms with E-state index in [1.165, 1.54) is 12.3 Å². The summed E-state index contributed by atoms with van der Waals surface area (Å²) in [5, 5.41) is 9.62. The van der Waals surface area contributed by atoms with E-state index >= 15 is 0 Å². The maximum Gasteiger partial charge on any atom is 0.279 e. The second-order valence-electron chi connectivity index (χ2n) is 2.99. The predicted octanol–water partition coefficient (Wildman–Crippen LogP) is 1.56. The van der Waals surface area contributed by atoms with E-state index in [-0.39, 0.29) is 5.69 Å². The van der Waals surface area contributed by atoms with Crippen LogP contribution in [0.15, 0.2) is 29.0 Å². The van der Waals surface area contributed by atoms with Gasteiger partial charge in [0.2, 0.25) is 0 Å². The second kappa shape index (κ2) is 4.19. The Bertz CT molecular complexity index is 512. The maximum atomic E-state index is 11.5. The highest BCUT2D eigenvalue weighted by Gasteiger charge is 2.11. The minimum atomic E-state index is -0.451. The highest BCUT2D eigenvalue weighted by atomic mass is 35.5. The van der Waals surface area contributed by atoms with E-state index < -0.39 is 5.91 Å². The number of nitrogen functional groups attached to an aromatic ring is 1. The van der Waals surface area contributed by atoms with Gasteiger partial charge in [-0.05, 0) is 23.4 Å². The lowest BCUT2D eigenvalue weighted by Gasteiger charge is -2.05. The lowest BCUT2D eigenvalue weighted by atomic mass is 10.3. The first kappa shape index (κ1) is 10.4. The minimum Gasteiger partial charge on any atom is -0.399 e. The van der Waals surface area contributed by atoms with Gasteiger partial charge in [-0.2, -0.15) is 0 Å². The highest BCUT2D eigenvalue weighted by Crippen LogP contribution is 2.24. The van der Waals surface area contributed by atoms with E-state index in [9.17, 15) is 4.79 Å². The average molecular weight is 239 g/mol. The number of carbonyl (C=O) groups is 1. The molecule has 16 heavy (non-hydrogen) atoms. The van der Waals surface area contributed by atoms with Gasteiger partial charge in [0.05, 0.1) is 10.7 Å². The molecule has 0 aliphatic rings. The summed E-state index contributed by atoms with van der Waals surface area (Å²) in [5.74, 6) is -0.451. The Labute approximate surface area is 95.3 Å². The van der Waals surface area contributed by atoms with E-state index in [4.69, 9.17) is 17.3 Å². The molecule has 3 N–H and O–H groups in total. The summed E-state index contributed by atoms with van der Waals surface area (Å²) in [6.45, 7) is 0. The summed E-state index contributed by atoms with van der Waals surface area (Å²) in [6.07, 6.45) is 1.21. The van der Waals surface area contributed by atoms with Gasteiger partial charge in [-0.3, -0.25) is 4.79 Å². The molecule has 0 atom stereocenters. The Morgan fingerprint density at radius 2 is 2.31 bits per heavy atom. The fourth-order valence-electron chi connectivity index (χ4n) is 1.08. The molecule has 2 rings (SSSR count). The summed E-state index contributed by atoms with van der Waals surface area (Å²) < 4.78 is 4.31. The van der Waals surface area contributed by atoms with Crippen molar-refractivity contribution in [2.24, 2.45) is 0 Å². The average Bonchev–Trinajstić information content (AvgIpc) is 2.75. The molecule has 0 spiro atoms. The number of benzene rings is 1. The van der Waals surface area contributed by atoms with Gasteiger partial charge in [-0.25, -0.2) is 4.63 Å². The largest absolute Gasteiger partial charge is 0.399 e. The molecule has 0 saturated heterocycles.